The Morgan fingerprint density at radius 1 is 1.50 bits per heavy atom. The van der Waals surface area contributed by atoms with E-state index in [1.54, 1.807) is 6.92 Å². The van der Waals surface area contributed by atoms with Gasteiger partial charge in [-0.05, 0) is 19.4 Å². The maximum absolute atomic E-state index is 10.4. The molecule has 0 unspecified atom stereocenters. The van der Waals surface area contributed by atoms with Crippen LogP contribution >= 0.6 is 0 Å². The minimum Gasteiger partial charge on any atom is -0.282 e. The molecule has 0 radical (unpaired) electrons. The highest BCUT2D eigenvalue weighted by Crippen LogP contribution is 2.09. The highest BCUT2D eigenvalue weighted by molar-refractivity contribution is 7.89. The van der Waals surface area contributed by atoms with Gasteiger partial charge in [0, 0.05) is 0 Å². The Balaban J connectivity index is 5.02. The van der Waals surface area contributed by atoms with Crippen molar-refractivity contribution in [1.29, 1.82) is 0 Å². The van der Waals surface area contributed by atoms with Gasteiger partial charge in [0.25, 0.3) is 10.1 Å². The summed E-state index contributed by atoms with van der Waals surface area (Å²) < 4.78 is 29.2. The fourth-order valence-electron chi connectivity index (χ4n) is 0.347. The van der Waals surface area contributed by atoms with Gasteiger partial charge in [0.15, 0.2) is 0 Å². The molecule has 0 aliphatic heterocycles. The molecule has 0 aliphatic carbocycles. The van der Waals surface area contributed by atoms with Crippen LogP contribution in [0.4, 0.5) is 0 Å². The average Bonchev–Trinajstić information content (AvgIpc) is 1.83. The second kappa shape index (κ2) is 2.98. The number of hydrogen-bond acceptors (Lipinski definition) is 2. The molecule has 0 spiro atoms. The van der Waals surface area contributed by atoms with Gasteiger partial charge in [0.1, 0.15) is 0 Å². The summed E-state index contributed by atoms with van der Waals surface area (Å²) in [5, 5.41) is 0. The van der Waals surface area contributed by atoms with Crippen molar-refractivity contribution in [2.75, 3.05) is 0 Å². The Labute approximate surface area is 60.8 Å². The number of allylic oxidation sites excluding steroid dienone is 3. The van der Waals surface area contributed by atoms with E-state index in [0.29, 0.717) is 5.57 Å². The van der Waals surface area contributed by atoms with Crippen LogP contribution in [-0.2, 0) is 10.1 Å². The summed E-state index contributed by atoms with van der Waals surface area (Å²) in [6.45, 7) is 6.25. The predicted molar refractivity (Wildman–Crippen MR) is 40.1 cm³/mol. The number of hydrogen-bond donors (Lipinski definition) is 1. The lowest BCUT2D eigenvalue weighted by molar-refractivity contribution is 0.490. The molecule has 0 aromatic heterocycles. The Bertz CT molecular complexity index is 259. The van der Waals surface area contributed by atoms with Gasteiger partial charge in [-0.2, -0.15) is 8.42 Å². The van der Waals surface area contributed by atoms with Crippen molar-refractivity contribution in [1.82, 2.24) is 0 Å². The fraction of sp³-hybridized carbons (Fsp3) is 0.333. The lowest BCUT2D eigenvalue weighted by Gasteiger charge is -1.97. The van der Waals surface area contributed by atoms with Crippen molar-refractivity contribution in [2.45, 2.75) is 13.8 Å². The first-order valence-corrected chi connectivity index (χ1v) is 4.11. The predicted octanol–water partition coefficient (Wildman–Crippen LogP) is 1.35. The van der Waals surface area contributed by atoms with Crippen LogP contribution in [-0.4, -0.2) is 13.0 Å². The smallest absolute Gasteiger partial charge is 0.282 e. The minimum atomic E-state index is -4.01. The van der Waals surface area contributed by atoms with Crippen molar-refractivity contribution in [2.24, 2.45) is 0 Å². The quantitative estimate of drug-likeness (QED) is 0.492. The van der Waals surface area contributed by atoms with Gasteiger partial charge >= 0.3 is 0 Å². The molecule has 0 aromatic carbocycles. The lowest BCUT2D eigenvalue weighted by Crippen LogP contribution is -1.99. The first-order valence-electron chi connectivity index (χ1n) is 2.67. The molecule has 0 aliphatic rings. The molecule has 0 saturated heterocycles. The van der Waals surface area contributed by atoms with Crippen LogP contribution in [0.2, 0.25) is 0 Å². The van der Waals surface area contributed by atoms with Crippen molar-refractivity contribution in [3.63, 3.8) is 0 Å². The summed E-state index contributed by atoms with van der Waals surface area (Å²) in [4.78, 5) is -0.0532. The molecule has 0 saturated carbocycles. The van der Waals surface area contributed by atoms with E-state index in [0.717, 1.165) is 0 Å². The average molecular weight is 162 g/mol. The van der Waals surface area contributed by atoms with Crippen molar-refractivity contribution >= 4 is 10.1 Å². The van der Waals surface area contributed by atoms with Gasteiger partial charge in [0.2, 0.25) is 0 Å². The molecule has 58 valence electrons. The maximum atomic E-state index is 10.4. The van der Waals surface area contributed by atoms with E-state index in [1.165, 1.54) is 13.0 Å². The number of rotatable bonds is 2. The van der Waals surface area contributed by atoms with E-state index >= 15 is 0 Å². The second-order valence-electron chi connectivity index (χ2n) is 1.92. The van der Waals surface area contributed by atoms with Crippen molar-refractivity contribution < 1.29 is 13.0 Å². The van der Waals surface area contributed by atoms with Crippen LogP contribution in [0.1, 0.15) is 13.8 Å². The van der Waals surface area contributed by atoms with Crippen LogP contribution in [0.5, 0.6) is 0 Å². The van der Waals surface area contributed by atoms with Crippen LogP contribution in [0.3, 0.4) is 0 Å². The van der Waals surface area contributed by atoms with Crippen LogP contribution < -0.4 is 0 Å². The van der Waals surface area contributed by atoms with Gasteiger partial charge in [-0.3, -0.25) is 4.55 Å². The zero-order chi connectivity index (χ0) is 8.36. The van der Waals surface area contributed by atoms with Crippen LogP contribution in [0, 0.1) is 0 Å². The van der Waals surface area contributed by atoms with E-state index in [2.05, 4.69) is 6.58 Å². The van der Waals surface area contributed by atoms with E-state index in [-0.39, 0.29) is 4.91 Å². The van der Waals surface area contributed by atoms with E-state index < -0.39 is 10.1 Å². The molecular weight excluding hydrogens is 152 g/mol. The van der Waals surface area contributed by atoms with E-state index in [4.69, 9.17) is 4.55 Å². The highest BCUT2D eigenvalue weighted by Gasteiger charge is 2.08. The Morgan fingerprint density at radius 3 is 2.00 bits per heavy atom. The largest absolute Gasteiger partial charge is 0.290 e. The molecule has 0 amide bonds. The molecule has 10 heavy (non-hydrogen) atoms. The van der Waals surface area contributed by atoms with E-state index in [9.17, 15) is 8.42 Å². The van der Waals surface area contributed by atoms with Crippen molar-refractivity contribution in [3.8, 4) is 0 Å². The molecule has 0 heterocycles. The first-order chi connectivity index (χ1) is 4.39. The lowest BCUT2D eigenvalue weighted by atomic mass is 10.3. The minimum absolute atomic E-state index is 0.0532. The second-order valence-corrected chi connectivity index (χ2v) is 3.48. The third-order valence-electron chi connectivity index (χ3n) is 1.25. The van der Waals surface area contributed by atoms with Crippen LogP contribution in [0.25, 0.3) is 0 Å². The van der Waals surface area contributed by atoms with Gasteiger partial charge in [-0.25, -0.2) is 0 Å². The Kier molecular flexibility index (Phi) is 2.80. The normalized spacial score (nSPS) is 14.3. The van der Waals surface area contributed by atoms with Gasteiger partial charge in [-0.15, -0.1) is 0 Å². The fourth-order valence-corrected chi connectivity index (χ4v) is 0.837. The summed E-state index contributed by atoms with van der Waals surface area (Å²) in [6, 6.07) is 0. The zero-order valence-corrected chi connectivity index (χ0v) is 6.77. The molecule has 0 aromatic rings. The van der Waals surface area contributed by atoms with Crippen molar-refractivity contribution in [3.05, 3.63) is 23.1 Å². The molecule has 4 heteroatoms. The standard InChI is InChI=1S/C6H10O3S/c1-4-5(2)6(3)10(7,8)9/h4H,1H2,2-3H3,(H,7,8,9). The molecule has 0 bridgehead atoms. The third kappa shape index (κ3) is 2.33. The Hall–Kier alpha value is -0.610. The monoisotopic (exact) mass is 162 g/mol. The third-order valence-corrected chi connectivity index (χ3v) is 2.34. The molecule has 0 fully saturated rings. The molecule has 0 rings (SSSR count). The van der Waals surface area contributed by atoms with Gasteiger partial charge < -0.3 is 0 Å². The zero-order valence-electron chi connectivity index (χ0n) is 5.96. The summed E-state index contributed by atoms with van der Waals surface area (Å²) >= 11 is 0. The topological polar surface area (TPSA) is 54.4 Å². The van der Waals surface area contributed by atoms with Gasteiger partial charge in [-0.1, -0.05) is 12.7 Å². The molecule has 1 N–H and O–H groups in total. The highest BCUT2D eigenvalue weighted by atomic mass is 32.2. The van der Waals surface area contributed by atoms with Crippen LogP contribution in [0.15, 0.2) is 23.1 Å². The summed E-state index contributed by atoms with van der Waals surface area (Å²) in [6.07, 6.45) is 1.38. The summed E-state index contributed by atoms with van der Waals surface area (Å²) in [5.74, 6) is 0. The van der Waals surface area contributed by atoms with Gasteiger partial charge in [0.05, 0.1) is 4.91 Å². The van der Waals surface area contributed by atoms with E-state index in [1.807, 2.05) is 0 Å². The summed E-state index contributed by atoms with van der Waals surface area (Å²) in [5.41, 5.74) is 0.461. The Morgan fingerprint density at radius 2 is 1.90 bits per heavy atom. The molecular formula is C6H10O3S. The molecule has 3 nitrogen and oxygen atoms in total. The summed E-state index contributed by atoms with van der Waals surface area (Å²) in [7, 11) is -4.01. The first kappa shape index (κ1) is 9.39. The SMILES string of the molecule is C=CC(C)=C(C)S(=O)(=O)O. The maximum Gasteiger partial charge on any atom is 0.290 e. The molecule has 0 atom stereocenters.